The molecular formula is C19H24O3. The lowest BCUT2D eigenvalue weighted by Gasteiger charge is -2.37. The van der Waals surface area contributed by atoms with Crippen molar-refractivity contribution in [2.75, 3.05) is 7.11 Å². The second kappa shape index (κ2) is 5.00. The lowest BCUT2D eigenvalue weighted by Crippen LogP contribution is -2.35. The number of esters is 1. The standard InChI is InChI=1S/C19H24O3/c1-19-11-18(20)22-17(19)8-7-16(19)14-4-3-13-10-15(21-2)6-5-12(13)9-14/h5-6,10,14,16-17H,3-4,7-9,11H2,1-2H3/t14-,16+,17+,19+/m1/s1. The predicted octanol–water partition coefficient (Wildman–Crippen LogP) is 3.53. The Morgan fingerprint density at radius 3 is 2.91 bits per heavy atom. The van der Waals surface area contributed by atoms with Crippen LogP contribution < -0.4 is 4.74 Å². The highest BCUT2D eigenvalue weighted by Gasteiger charge is 2.56. The van der Waals surface area contributed by atoms with Gasteiger partial charge in [0.1, 0.15) is 11.9 Å². The first-order valence-corrected chi connectivity index (χ1v) is 8.45. The monoisotopic (exact) mass is 300 g/mol. The van der Waals surface area contributed by atoms with E-state index < -0.39 is 0 Å². The van der Waals surface area contributed by atoms with Crippen LogP contribution in [0.2, 0.25) is 0 Å². The molecule has 1 aromatic carbocycles. The summed E-state index contributed by atoms with van der Waals surface area (Å²) in [6.45, 7) is 2.28. The zero-order valence-electron chi connectivity index (χ0n) is 13.4. The van der Waals surface area contributed by atoms with Gasteiger partial charge in [-0.1, -0.05) is 13.0 Å². The van der Waals surface area contributed by atoms with E-state index in [1.807, 2.05) is 0 Å². The van der Waals surface area contributed by atoms with Crippen molar-refractivity contribution in [1.82, 2.24) is 0 Å². The molecule has 4 atom stereocenters. The van der Waals surface area contributed by atoms with E-state index in [0.29, 0.717) is 18.3 Å². The summed E-state index contributed by atoms with van der Waals surface area (Å²) in [5, 5.41) is 0. The molecule has 0 amide bonds. The van der Waals surface area contributed by atoms with Gasteiger partial charge in [-0.2, -0.15) is 0 Å². The molecule has 1 heterocycles. The van der Waals surface area contributed by atoms with Crippen molar-refractivity contribution in [3.8, 4) is 5.75 Å². The Kier molecular flexibility index (Phi) is 3.21. The summed E-state index contributed by atoms with van der Waals surface area (Å²) in [7, 11) is 1.73. The van der Waals surface area contributed by atoms with Crippen molar-refractivity contribution < 1.29 is 14.3 Å². The number of carbonyl (C=O) groups excluding carboxylic acids is 1. The van der Waals surface area contributed by atoms with Crippen LogP contribution >= 0.6 is 0 Å². The van der Waals surface area contributed by atoms with E-state index in [1.165, 1.54) is 24.0 Å². The molecule has 1 aliphatic heterocycles. The number of rotatable bonds is 2. The summed E-state index contributed by atoms with van der Waals surface area (Å²) in [5.74, 6) is 2.28. The van der Waals surface area contributed by atoms with Crippen molar-refractivity contribution in [3.63, 3.8) is 0 Å². The molecule has 0 spiro atoms. The molecule has 2 aliphatic carbocycles. The third-order valence-electron chi connectivity index (χ3n) is 6.37. The maximum atomic E-state index is 11.7. The van der Waals surface area contributed by atoms with E-state index >= 15 is 0 Å². The average Bonchev–Trinajstić information content (AvgIpc) is 2.97. The first-order valence-electron chi connectivity index (χ1n) is 8.45. The van der Waals surface area contributed by atoms with Crippen molar-refractivity contribution in [3.05, 3.63) is 29.3 Å². The summed E-state index contributed by atoms with van der Waals surface area (Å²) < 4.78 is 10.9. The molecule has 1 aromatic rings. The molecule has 0 bridgehead atoms. The van der Waals surface area contributed by atoms with Crippen LogP contribution in [-0.2, 0) is 22.4 Å². The summed E-state index contributed by atoms with van der Waals surface area (Å²) in [4.78, 5) is 11.7. The van der Waals surface area contributed by atoms with Gasteiger partial charge in [0.05, 0.1) is 13.5 Å². The smallest absolute Gasteiger partial charge is 0.306 e. The Morgan fingerprint density at radius 1 is 1.23 bits per heavy atom. The second-order valence-electron chi connectivity index (χ2n) is 7.48. The molecule has 1 saturated heterocycles. The Labute approximate surface area is 132 Å². The summed E-state index contributed by atoms with van der Waals surface area (Å²) in [5.41, 5.74) is 2.98. The van der Waals surface area contributed by atoms with Gasteiger partial charge in [-0.3, -0.25) is 4.79 Å². The van der Waals surface area contributed by atoms with Crippen LogP contribution in [-0.4, -0.2) is 19.2 Å². The molecule has 1 saturated carbocycles. The first-order chi connectivity index (χ1) is 10.6. The van der Waals surface area contributed by atoms with Gasteiger partial charge < -0.3 is 9.47 Å². The van der Waals surface area contributed by atoms with Gasteiger partial charge in [-0.05, 0) is 67.2 Å². The van der Waals surface area contributed by atoms with Gasteiger partial charge >= 0.3 is 5.97 Å². The fraction of sp³-hybridized carbons (Fsp3) is 0.632. The van der Waals surface area contributed by atoms with Gasteiger partial charge in [0.2, 0.25) is 0 Å². The van der Waals surface area contributed by atoms with Crippen LogP contribution in [0.4, 0.5) is 0 Å². The van der Waals surface area contributed by atoms with E-state index in [2.05, 4.69) is 25.1 Å². The minimum Gasteiger partial charge on any atom is -0.497 e. The molecule has 0 radical (unpaired) electrons. The van der Waals surface area contributed by atoms with Crippen molar-refractivity contribution in [2.24, 2.45) is 17.3 Å². The number of aryl methyl sites for hydroxylation is 1. The van der Waals surface area contributed by atoms with Gasteiger partial charge in [0.25, 0.3) is 0 Å². The number of carbonyl (C=O) groups is 1. The molecule has 3 heteroatoms. The van der Waals surface area contributed by atoms with Crippen LogP contribution in [0, 0.1) is 17.3 Å². The molecule has 3 nitrogen and oxygen atoms in total. The van der Waals surface area contributed by atoms with Crippen LogP contribution in [0.5, 0.6) is 5.75 Å². The maximum absolute atomic E-state index is 11.7. The molecule has 0 N–H and O–H groups in total. The number of fused-ring (bicyclic) bond motifs is 2. The van der Waals surface area contributed by atoms with Crippen molar-refractivity contribution in [1.29, 1.82) is 0 Å². The van der Waals surface area contributed by atoms with Crippen LogP contribution in [0.3, 0.4) is 0 Å². The summed E-state index contributed by atoms with van der Waals surface area (Å²) in [6, 6.07) is 6.49. The van der Waals surface area contributed by atoms with E-state index in [1.54, 1.807) is 7.11 Å². The van der Waals surface area contributed by atoms with Crippen LogP contribution in [0.25, 0.3) is 0 Å². The number of benzene rings is 1. The number of ether oxygens (including phenoxy) is 2. The Morgan fingerprint density at radius 2 is 2.09 bits per heavy atom. The number of hydrogen-bond donors (Lipinski definition) is 0. The highest BCUT2D eigenvalue weighted by atomic mass is 16.6. The summed E-state index contributed by atoms with van der Waals surface area (Å²) in [6.07, 6.45) is 6.55. The molecule has 0 aromatic heterocycles. The third-order valence-corrected chi connectivity index (χ3v) is 6.37. The molecule has 118 valence electrons. The fourth-order valence-corrected chi connectivity index (χ4v) is 5.18. The zero-order chi connectivity index (χ0) is 15.3. The molecule has 0 unspecified atom stereocenters. The minimum absolute atomic E-state index is 0.0122. The highest BCUT2D eigenvalue weighted by molar-refractivity contribution is 5.73. The normalized spacial score (nSPS) is 36.6. The van der Waals surface area contributed by atoms with E-state index in [-0.39, 0.29) is 17.5 Å². The maximum Gasteiger partial charge on any atom is 0.306 e. The van der Waals surface area contributed by atoms with Crippen molar-refractivity contribution in [2.45, 2.75) is 51.6 Å². The quantitative estimate of drug-likeness (QED) is 0.784. The fourth-order valence-electron chi connectivity index (χ4n) is 5.18. The average molecular weight is 300 g/mol. The van der Waals surface area contributed by atoms with E-state index in [9.17, 15) is 4.79 Å². The summed E-state index contributed by atoms with van der Waals surface area (Å²) >= 11 is 0. The van der Waals surface area contributed by atoms with Gasteiger partial charge in [0.15, 0.2) is 0 Å². The molecule has 4 rings (SSSR count). The largest absolute Gasteiger partial charge is 0.497 e. The lowest BCUT2D eigenvalue weighted by atomic mass is 9.66. The predicted molar refractivity (Wildman–Crippen MR) is 83.8 cm³/mol. The molecular weight excluding hydrogens is 276 g/mol. The molecule has 3 aliphatic rings. The third kappa shape index (κ3) is 2.05. The minimum atomic E-state index is 0.0122. The SMILES string of the molecule is COc1ccc2c(c1)CC[C@@H]([C@@H]1CC[C@@H]3OC(=O)C[C@]31C)C2. The first kappa shape index (κ1) is 14.1. The van der Waals surface area contributed by atoms with E-state index in [0.717, 1.165) is 25.0 Å². The topological polar surface area (TPSA) is 35.5 Å². The Bertz CT molecular complexity index is 609. The number of hydrogen-bond acceptors (Lipinski definition) is 3. The number of methoxy groups -OCH3 is 1. The van der Waals surface area contributed by atoms with Gasteiger partial charge in [-0.15, -0.1) is 0 Å². The molecule has 22 heavy (non-hydrogen) atoms. The van der Waals surface area contributed by atoms with Gasteiger partial charge in [0, 0.05) is 5.41 Å². The Hall–Kier alpha value is -1.51. The van der Waals surface area contributed by atoms with Crippen LogP contribution in [0.15, 0.2) is 18.2 Å². The van der Waals surface area contributed by atoms with Gasteiger partial charge in [-0.25, -0.2) is 0 Å². The van der Waals surface area contributed by atoms with E-state index in [4.69, 9.17) is 9.47 Å². The van der Waals surface area contributed by atoms with Crippen LogP contribution in [0.1, 0.15) is 43.7 Å². The zero-order valence-corrected chi connectivity index (χ0v) is 13.4. The highest BCUT2D eigenvalue weighted by Crippen LogP contribution is 2.56. The Balaban J connectivity index is 1.56. The molecule has 2 fully saturated rings. The van der Waals surface area contributed by atoms with Crippen molar-refractivity contribution >= 4 is 5.97 Å². The lowest BCUT2D eigenvalue weighted by molar-refractivity contribution is -0.141. The second-order valence-corrected chi connectivity index (χ2v) is 7.48.